The molecule has 2 unspecified atom stereocenters. The molecule has 140 valence electrons. The number of unbranched alkanes of at least 4 members (excludes halogenated alkanes) is 3. The molecule has 24 heavy (non-hydrogen) atoms. The van der Waals surface area contributed by atoms with Gasteiger partial charge in [0, 0.05) is 0 Å². The van der Waals surface area contributed by atoms with Gasteiger partial charge in [0.15, 0.2) is 0 Å². The minimum atomic E-state index is -1.08. The Kier molecular flexibility index (Phi) is 8.24. The fraction of sp³-hybridized carbons (Fsp3) is 0.900. The van der Waals surface area contributed by atoms with E-state index in [2.05, 4.69) is 13.8 Å². The van der Waals surface area contributed by atoms with Crippen LogP contribution in [0, 0.1) is 16.7 Å². The highest BCUT2D eigenvalue weighted by Gasteiger charge is 2.60. The lowest BCUT2D eigenvalue weighted by molar-refractivity contribution is -0.182. The van der Waals surface area contributed by atoms with Crippen molar-refractivity contribution in [3.63, 3.8) is 0 Å². The zero-order valence-corrected chi connectivity index (χ0v) is 15.8. The van der Waals surface area contributed by atoms with Gasteiger partial charge in [0.1, 0.15) is 0 Å². The van der Waals surface area contributed by atoms with Crippen LogP contribution in [0.5, 0.6) is 0 Å². The summed E-state index contributed by atoms with van der Waals surface area (Å²) >= 11 is 0. The van der Waals surface area contributed by atoms with Gasteiger partial charge in [-0.15, -0.1) is 0 Å². The van der Waals surface area contributed by atoms with Gasteiger partial charge in [-0.2, -0.15) is 0 Å². The summed E-state index contributed by atoms with van der Waals surface area (Å²) in [5, 5.41) is 20.0. The molecule has 0 bridgehead atoms. The first-order chi connectivity index (χ1) is 11.3. The second-order valence-electron chi connectivity index (χ2n) is 8.08. The van der Waals surface area contributed by atoms with Crippen molar-refractivity contribution in [1.82, 2.24) is 0 Å². The second kappa shape index (κ2) is 9.43. The van der Waals surface area contributed by atoms with E-state index >= 15 is 0 Å². The normalized spacial score (nSPS) is 27.3. The second-order valence-corrected chi connectivity index (χ2v) is 8.08. The van der Waals surface area contributed by atoms with Crippen molar-refractivity contribution >= 4 is 11.9 Å². The number of hydrogen-bond acceptors (Lipinski definition) is 2. The third-order valence-corrected chi connectivity index (χ3v) is 6.00. The van der Waals surface area contributed by atoms with Crippen LogP contribution in [0.25, 0.3) is 0 Å². The minimum Gasteiger partial charge on any atom is -0.481 e. The molecule has 1 aliphatic rings. The SMILES string of the molecule is CCCC1(C(=O)O)CCCCC1(CCCCCCC(C)C)C(=O)O. The maximum Gasteiger partial charge on any atom is 0.310 e. The van der Waals surface area contributed by atoms with E-state index in [-0.39, 0.29) is 0 Å². The average Bonchev–Trinajstić information content (AvgIpc) is 2.51. The molecule has 1 saturated carbocycles. The predicted molar refractivity (Wildman–Crippen MR) is 96.1 cm³/mol. The van der Waals surface area contributed by atoms with Crippen LogP contribution in [0.2, 0.25) is 0 Å². The van der Waals surface area contributed by atoms with Crippen LogP contribution >= 0.6 is 0 Å². The summed E-state index contributed by atoms with van der Waals surface area (Å²) < 4.78 is 0. The largest absolute Gasteiger partial charge is 0.481 e. The Morgan fingerprint density at radius 3 is 1.83 bits per heavy atom. The van der Waals surface area contributed by atoms with Gasteiger partial charge in [-0.3, -0.25) is 9.59 Å². The number of aliphatic carboxylic acids is 2. The third-order valence-electron chi connectivity index (χ3n) is 6.00. The Hall–Kier alpha value is -1.06. The van der Waals surface area contributed by atoms with Gasteiger partial charge < -0.3 is 10.2 Å². The zero-order chi connectivity index (χ0) is 18.2. The summed E-state index contributed by atoms with van der Waals surface area (Å²) in [6.45, 7) is 6.39. The lowest BCUT2D eigenvalue weighted by Gasteiger charge is -2.48. The number of hydrogen-bond donors (Lipinski definition) is 2. The van der Waals surface area contributed by atoms with Crippen LogP contribution in [-0.2, 0) is 9.59 Å². The number of rotatable bonds is 11. The van der Waals surface area contributed by atoms with Gasteiger partial charge in [0.05, 0.1) is 10.8 Å². The van der Waals surface area contributed by atoms with Gasteiger partial charge >= 0.3 is 11.9 Å². The quantitative estimate of drug-likeness (QED) is 0.487. The molecule has 0 radical (unpaired) electrons. The van der Waals surface area contributed by atoms with E-state index in [4.69, 9.17) is 0 Å². The average molecular weight is 341 g/mol. The fourth-order valence-electron chi connectivity index (χ4n) is 4.66. The molecule has 1 rings (SSSR count). The summed E-state index contributed by atoms with van der Waals surface area (Å²) in [4.78, 5) is 24.4. The topological polar surface area (TPSA) is 74.6 Å². The lowest BCUT2D eigenvalue weighted by Crippen LogP contribution is -2.54. The smallest absolute Gasteiger partial charge is 0.310 e. The van der Waals surface area contributed by atoms with Gasteiger partial charge in [-0.1, -0.05) is 72.1 Å². The van der Waals surface area contributed by atoms with E-state index in [1.807, 2.05) is 6.92 Å². The third kappa shape index (κ3) is 4.52. The molecule has 4 heteroatoms. The van der Waals surface area contributed by atoms with Crippen LogP contribution in [0.3, 0.4) is 0 Å². The molecule has 1 aliphatic carbocycles. The summed E-state index contributed by atoms with van der Waals surface area (Å²) in [6, 6.07) is 0. The Bertz CT molecular complexity index is 414. The molecule has 0 aromatic rings. The van der Waals surface area contributed by atoms with Crippen molar-refractivity contribution in [3.05, 3.63) is 0 Å². The molecular formula is C20H36O4. The highest BCUT2D eigenvalue weighted by molar-refractivity contribution is 5.87. The van der Waals surface area contributed by atoms with E-state index in [9.17, 15) is 19.8 Å². The summed E-state index contributed by atoms with van der Waals surface area (Å²) in [6.07, 6.45) is 9.71. The first-order valence-corrected chi connectivity index (χ1v) is 9.79. The van der Waals surface area contributed by atoms with Gasteiger partial charge in [-0.05, 0) is 31.6 Å². The first kappa shape index (κ1) is 21.0. The van der Waals surface area contributed by atoms with Gasteiger partial charge in [0.25, 0.3) is 0 Å². The fourth-order valence-corrected chi connectivity index (χ4v) is 4.66. The molecule has 4 nitrogen and oxygen atoms in total. The van der Waals surface area contributed by atoms with Gasteiger partial charge in [0.2, 0.25) is 0 Å². The number of carbonyl (C=O) groups is 2. The minimum absolute atomic E-state index is 0.474. The highest BCUT2D eigenvalue weighted by atomic mass is 16.4. The first-order valence-electron chi connectivity index (χ1n) is 9.79. The Morgan fingerprint density at radius 2 is 1.38 bits per heavy atom. The van der Waals surface area contributed by atoms with Crippen molar-refractivity contribution in [2.45, 2.75) is 97.8 Å². The molecular weight excluding hydrogens is 304 g/mol. The van der Waals surface area contributed by atoms with E-state index in [1.165, 1.54) is 12.8 Å². The molecule has 0 saturated heterocycles. The van der Waals surface area contributed by atoms with Crippen molar-refractivity contribution in [2.75, 3.05) is 0 Å². The van der Waals surface area contributed by atoms with Crippen LogP contribution in [0.1, 0.15) is 97.8 Å². The molecule has 1 fully saturated rings. The summed E-state index contributed by atoms with van der Waals surface area (Å²) in [5.41, 5.74) is -2.16. The van der Waals surface area contributed by atoms with Crippen LogP contribution in [-0.4, -0.2) is 22.2 Å². The van der Waals surface area contributed by atoms with Crippen molar-refractivity contribution < 1.29 is 19.8 Å². The monoisotopic (exact) mass is 340 g/mol. The maximum absolute atomic E-state index is 12.2. The molecule has 2 atom stereocenters. The molecule has 0 aromatic heterocycles. The highest BCUT2D eigenvalue weighted by Crippen LogP contribution is 2.56. The molecule has 0 amide bonds. The van der Waals surface area contributed by atoms with Gasteiger partial charge in [-0.25, -0.2) is 0 Å². The number of carboxylic acids is 2. The van der Waals surface area contributed by atoms with Crippen molar-refractivity contribution in [2.24, 2.45) is 16.7 Å². The number of carboxylic acid groups (broad SMARTS) is 2. The standard InChI is InChI=1S/C20H36O4/c1-4-12-19(17(21)22)14-9-10-15-20(19,18(23)24)13-8-6-5-7-11-16(2)3/h16H,4-15H2,1-3H3,(H,21,22)(H,23,24). The molecule has 0 aliphatic heterocycles. The lowest BCUT2D eigenvalue weighted by atomic mass is 9.52. The predicted octanol–water partition coefficient (Wildman–Crippen LogP) is 5.50. The molecule has 2 N–H and O–H groups in total. The van der Waals surface area contributed by atoms with E-state index in [0.29, 0.717) is 31.6 Å². The Morgan fingerprint density at radius 1 is 0.875 bits per heavy atom. The Balaban J connectivity index is 2.82. The van der Waals surface area contributed by atoms with Crippen molar-refractivity contribution in [3.8, 4) is 0 Å². The van der Waals surface area contributed by atoms with E-state index in [0.717, 1.165) is 38.5 Å². The zero-order valence-electron chi connectivity index (χ0n) is 15.8. The Labute approximate surface area is 147 Å². The van der Waals surface area contributed by atoms with E-state index < -0.39 is 22.8 Å². The van der Waals surface area contributed by atoms with Crippen molar-refractivity contribution in [1.29, 1.82) is 0 Å². The van der Waals surface area contributed by atoms with Crippen LogP contribution in [0.4, 0.5) is 0 Å². The molecule has 0 spiro atoms. The summed E-state index contributed by atoms with van der Waals surface area (Å²) in [7, 11) is 0. The van der Waals surface area contributed by atoms with E-state index in [1.54, 1.807) is 0 Å². The van der Waals surface area contributed by atoms with Crippen LogP contribution < -0.4 is 0 Å². The molecule has 0 heterocycles. The van der Waals surface area contributed by atoms with Crippen LogP contribution in [0.15, 0.2) is 0 Å². The maximum atomic E-state index is 12.2. The molecule has 0 aromatic carbocycles. The summed E-state index contributed by atoms with van der Waals surface area (Å²) in [5.74, 6) is -1.08.